The lowest BCUT2D eigenvalue weighted by atomic mass is 10.1. The number of benzene rings is 2. The molecule has 9 heteroatoms. The number of hydrogen-bond acceptors (Lipinski definition) is 8. The molecule has 0 atom stereocenters. The van der Waals surface area contributed by atoms with Crippen molar-refractivity contribution in [3.05, 3.63) is 63.6 Å². The van der Waals surface area contributed by atoms with Crippen LogP contribution in [-0.2, 0) is 4.74 Å². The highest BCUT2D eigenvalue weighted by Crippen LogP contribution is 2.34. The molecule has 0 amide bonds. The highest BCUT2D eigenvalue weighted by atomic mass is 35.5. The van der Waals surface area contributed by atoms with E-state index in [1.165, 1.54) is 44.9 Å². The smallest absolute Gasteiger partial charge is 0.340 e. The van der Waals surface area contributed by atoms with E-state index in [-0.39, 0.29) is 5.56 Å². The maximum atomic E-state index is 12.2. The number of carbonyl (C=O) groups is 1. The van der Waals surface area contributed by atoms with Gasteiger partial charge in [-0.2, -0.15) is 5.26 Å². The average Bonchev–Trinajstić information content (AvgIpc) is 3.29. The summed E-state index contributed by atoms with van der Waals surface area (Å²) in [4.78, 5) is 16.7. The van der Waals surface area contributed by atoms with Crippen molar-refractivity contribution in [2.75, 3.05) is 26.6 Å². The van der Waals surface area contributed by atoms with Crippen molar-refractivity contribution in [2.45, 2.75) is 0 Å². The topological polar surface area (TPSA) is 93.5 Å². The van der Waals surface area contributed by atoms with Crippen molar-refractivity contribution in [1.29, 1.82) is 5.26 Å². The number of carbonyl (C=O) groups excluding carboxylic acids is 1. The minimum Gasteiger partial charge on any atom is -0.493 e. The Morgan fingerprint density at radius 3 is 2.45 bits per heavy atom. The second kappa shape index (κ2) is 9.98. The van der Waals surface area contributed by atoms with E-state index in [0.717, 1.165) is 11.3 Å². The van der Waals surface area contributed by atoms with Crippen molar-refractivity contribution in [2.24, 2.45) is 0 Å². The largest absolute Gasteiger partial charge is 0.493 e. The summed E-state index contributed by atoms with van der Waals surface area (Å²) in [5.74, 6) is 0.240. The van der Waals surface area contributed by atoms with E-state index >= 15 is 0 Å². The number of hydrogen-bond donors (Lipinski definition) is 1. The van der Waals surface area contributed by atoms with Crippen molar-refractivity contribution < 1.29 is 19.0 Å². The summed E-state index contributed by atoms with van der Waals surface area (Å²) < 4.78 is 15.4. The molecule has 0 bridgehead atoms. The molecule has 0 spiro atoms. The fraction of sp³-hybridized carbons (Fsp3) is 0.136. The Balaban J connectivity index is 1.93. The maximum absolute atomic E-state index is 12.2. The van der Waals surface area contributed by atoms with Gasteiger partial charge in [0.15, 0.2) is 11.5 Å². The van der Waals surface area contributed by atoms with Crippen LogP contribution in [0.2, 0.25) is 5.02 Å². The third-order valence-electron chi connectivity index (χ3n) is 4.30. The summed E-state index contributed by atoms with van der Waals surface area (Å²) in [6, 6.07) is 12.5. The van der Waals surface area contributed by atoms with E-state index in [1.807, 2.05) is 17.5 Å². The van der Waals surface area contributed by atoms with E-state index in [2.05, 4.69) is 16.4 Å². The number of aromatic nitrogens is 1. The number of methoxy groups -OCH3 is 3. The van der Waals surface area contributed by atoms with E-state index in [4.69, 9.17) is 25.8 Å². The molecule has 0 unspecified atom stereocenters. The number of halogens is 1. The summed E-state index contributed by atoms with van der Waals surface area (Å²) in [5, 5.41) is 15.7. The van der Waals surface area contributed by atoms with E-state index < -0.39 is 5.97 Å². The number of nitrogens with one attached hydrogen (secondary N) is 1. The number of esters is 1. The summed E-state index contributed by atoms with van der Waals surface area (Å²) in [7, 11) is 4.25. The molecule has 3 rings (SSSR count). The first-order valence-corrected chi connectivity index (χ1v) is 10.2. The minimum atomic E-state index is -0.561. The van der Waals surface area contributed by atoms with Gasteiger partial charge in [0, 0.05) is 34.3 Å². The summed E-state index contributed by atoms with van der Waals surface area (Å²) in [5.41, 5.74) is 2.56. The molecular weight excluding hydrogens is 438 g/mol. The van der Waals surface area contributed by atoms with Gasteiger partial charge in [-0.25, -0.2) is 9.78 Å². The first kappa shape index (κ1) is 22.2. The van der Waals surface area contributed by atoms with Gasteiger partial charge in [-0.1, -0.05) is 23.7 Å². The molecule has 1 heterocycles. The van der Waals surface area contributed by atoms with Gasteiger partial charge < -0.3 is 19.5 Å². The number of nitriles is 1. The molecule has 0 saturated carbocycles. The number of allylic oxidation sites excluding steroid dienone is 1. The molecule has 3 aromatic rings. The number of nitrogens with zero attached hydrogens (tertiary/aromatic N) is 2. The SMILES string of the molecule is COC(=O)c1cc(OC)c(OC)cc1N/C=C(\C#N)c1nc(-c2ccc(Cl)cc2)cs1. The second-order valence-electron chi connectivity index (χ2n) is 6.10. The third-order valence-corrected chi connectivity index (χ3v) is 5.42. The van der Waals surface area contributed by atoms with Gasteiger partial charge in [0.1, 0.15) is 16.6 Å². The molecule has 0 aliphatic heterocycles. The van der Waals surface area contributed by atoms with Crippen LogP contribution in [0.15, 0.2) is 48.0 Å². The zero-order chi connectivity index (χ0) is 22.4. The fourth-order valence-electron chi connectivity index (χ4n) is 2.72. The van der Waals surface area contributed by atoms with Crippen LogP contribution in [-0.4, -0.2) is 32.3 Å². The molecule has 158 valence electrons. The van der Waals surface area contributed by atoms with Crippen LogP contribution >= 0.6 is 22.9 Å². The maximum Gasteiger partial charge on any atom is 0.340 e. The summed E-state index contributed by atoms with van der Waals surface area (Å²) >= 11 is 7.27. The third kappa shape index (κ3) is 4.97. The van der Waals surface area contributed by atoms with Crippen molar-refractivity contribution >= 4 is 40.2 Å². The molecule has 0 fully saturated rings. The van der Waals surface area contributed by atoms with Crippen molar-refractivity contribution in [1.82, 2.24) is 4.98 Å². The van der Waals surface area contributed by atoms with Gasteiger partial charge in [-0.05, 0) is 12.1 Å². The minimum absolute atomic E-state index is 0.231. The lowest BCUT2D eigenvalue weighted by molar-refractivity contribution is 0.0601. The van der Waals surface area contributed by atoms with Crippen LogP contribution in [0.4, 0.5) is 5.69 Å². The first-order chi connectivity index (χ1) is 15.0. The predicted molar refractivity (Wildman–Crippen MR) is 121 cm³/mol. The van der Waals surface area contributed by atoms with Gasteiger partial charge in [-0.3, -0.25) is 0 Å². The molecule has 7 nitrogen and oxygen atoms in total. The standard InChI is InChI=1S/C22H18ClN3O4S/c1-28-19-8-16(22(27)30-3)17(9-20(19)29-2)25-11-14(10-24)21-26-18(12-31-21)13-4-6-15(23)7-5-13/h4-9,11-12,25H,1-3H3/b14-11+. The van der Waals surface area contributed by atoms with Crippen molar-refractivity contribution in [3.63, 3.8) is 0 Å². The van der Waals surface area contributed by atoms with Gasteiger partial charge in [0.2, 0.25) is 0 Å². The Morgan fingerprint density at radius 2 is 1.84 bits per heavy atom. The second-order valence-corrected chi connectivity index (χ2v) is 7.40. The van der Waals surface area contributed by atoms with Gasteiger partial charge in [0.05, 0.1) is 38.3 Å². The Labute approximate surface area is 188 Å². The Bertz CT molecular complexity index is 1170. The van der Waals surface area contributed by atoms with Crippen LogP contribution < -0.4 is 14.8 Å². The zero-order valence-corrected chi connectivity index (χ0v) is 18.5. The molecule has 0 radical (unpaired) electrons. The van der Waals surface area contributed by atoms with Gasteiger partial charge >= 0.3 is 5.97 Å². The number of rotatable bonds is 7. The molecule has 0 saturated heterocycles. The summed E-state index contributed by atoms with van der Waals surface area (Å²) in [6.45, 7) is 0. The molecule has 1 N–H and O–H groups in total. The van der Waals surface area contributed by atoms with Gasteiger partial charge in [0.25, 0.3) is 0 Å². The van der Waals surface area contributed by atoms with Crippen LogP contribution in [0.25, 0.3) is 16.8 Å². The normalized spacial score (nSPS) is 10.9. The van der Waals surface area contributed by atoms with E-state index in [1.54, 1.807) is 18.2 Å². The van der Waals surface area contributed by atoms with E-state index in [9.17, 15) is 10.1 Å². The van der Waals surface area contributed by atoms with Crippen LogP contribution in [0.3, 0.4) is 0 Å². The fourth-order valence-corrected chi connectivity index (χ4v) is 3.64. The Hall–Kier alpha value is -3.54. The van der Waals surface area contributed by atoms with E-state index in [0.29, 0.717) is 32.8 Å². The number of ether oxygens (including phenoxy) is 3. The Morgan fingerprint density at radius 1 is 1.16 bits per heavy atom. The Kier molecular flexibility index (Phi) is 7.13. The van der Waals surface area contributed by atoms with Crippen LogP contribution in [0.5, 0.6) is 11.5 Å². The highest BCUT2D eigenvalue weighted by molar-refractivity contribution is 7.11. The zero-order valence-electron chi connectivity index (χ0n) is 16.9. The molecule has 0 aliphatic rings. The number of thiazole rings is 1. The molecule has 0 aliphatic carbocycles. The molecule has 1 aromatic heterocycles. The highest BCUT2D eigenvalue weighted by Gasteiger charge is 2.17. The number of anilines is 1. The lowest BCUT2D eigenvalue weighted by Crippen LogP contribution is -2.07. The van der Waals surface area contributed by atoms with Crippen LogP contribution in [0, 0.1) is 11.3 Å². The van der Waals surface area contributed by atoms with Gasteiger partial charge in [-0.15, -0.1) is 11.3 Å². The van der Waals surface area contributed by atoms with Crippen LogP contribution in [0.1, 0.15) is 15.4 Å². The monoisotopic (exact) mass is 455 g/mol. The molecule has 2 aromatic carbocycles. The average molecular weight is 456 g/mol. The predicted octanol–water partition coefficient (Wildman–Crippen LogP) is 5.24. The molecular formula is C22H18ClN3O4S. The lowest BCUT2D eigenvalue weighted by Gasteiger charge is -2.13. The first-order valence-electron chi connectivity index (χ1n) is 8.93. The summed E-state index contributed by atoms with van der Waals surface area (Å²) in [6.07, 6.45) is 1.48. The van der Waals surface area contributed by atoms with Crippen molar-refractivity contribution in [3.8, 4) is 28.8 Å². The molecule has 31 heavy (non-hydrogen) atoms. The quantitative estimate of drug-likeness (QED) is 0.384.